The molecule has 1 unspecified atom stereocenters. The van der Waals surface area contributed by atoms with Crippen molar-refractivity contribution < 1.29 is 9.15 Å². The number of rotatable bonds is 5. The Balaban J connectivity index is 1.86. The summed E-state index contributed by atoms with van der Waals surface area (Å²) in [5.41, 5.74) is 6.74. The lowest BCUT2D eigenvalue weighted by atomic mass is 10.2. The van der Waals surface area contributed by atoms with Crippen molar-refractivity contribution >= 4 is 0 Å². The molecule has 0 aromatic carbocycles. The molecule has 1 atom stereocenters. The topological polar surface area (TPSA) is 51.6 Å². The maximum atomic E-state index is 5.68. The van der Waals surface area contributed by atoms with Crippen LogP contribution in [0.2, 0.25) is 0 Å². The molecule has 0 radical (unpaired) electrons. The average Bonchev–Trinajstić information content (AvgIpc) is 2.88. The van der Waals surface area contributed by atoms with Gasteiger partial charge in [-0.25, -0.2) is 0 Å². The largest absolute Gasteiger partial charge is 0.465 e. The number of hydrogen-bond acceptors (Lipinski definition) is 4. The summed E-state index contributed by atoms with van der Waals surface area (Å²) in [6.45, 7) is 5.21. The summed E-state index contributed by atoms with van der Waals surface area (Å²) >= 11 is 0. The van der Waals surface area contributed by atoms with Crippen molar-refractivity contribution in [2.75, 3.05) is 20.2 Å². The number of likely N-dealkylation sites (N-methyl/N-ethyl adjacent to an activating group) is 1. The van der Waals surface area contributed by atoms with Gasteiger partial charge in [-0.1, -0.05) is 0 Å². The highest BCUT2D eigenvalue weighted by molar-refractivity contribution is 5.20. The van der Waals surface area contributed by atoms with Gasteiger partial charge < -0.3 is 14.9 Å². The molecule has 1 fully saturated rings. The van der Waals surface area contributed by atoms with E-state index in [9.17, 15) is 0 Å². The van der Waals surface area contributed by atoms with Gasteiger partial charge in [-0.15, -0.1) is 0 Å². The van der Waals surface area contributed by atoms with Crippen molar-refractivity contribution in [2.24, 2.45) is 5.73 Å². The standard InChI is InChI=1S/C13H22N2O2/c1-10-11(7-14)6-13(17-10)9-15(2)8-12-4-3-5-16-12/h6,12H,3-5,7-9,14H2,1-2H3. The van der Waals surface area contributed by atoms with Gasteiger partial charge in [-0.05, 0) is 32.9 Å². The number of nitrogens with zero attached hydrogens (tertiary/aromatic N) is 1. The molecule has 0 aliphatic carbocycles. The molecule has 4 nitrogen and oxygen atoms in total. The first kappa shape index (κ1) is 12.6. The summed E-state index contributed by atoms with van der Waals surface area (Å²) in [6.07, 6.45) is 2.76. The lowest BCUT2D eigenvalue weighted by molar-refractivity contribution is 0.0774. The summed E-state index contributed by atoms with van der Waals surface area (Å²) in [5, 5.41) is 0. The molecule has 1 aliphatic rings. The monoisotopic (exact) mass is 238 g/mol. The third-order valence-corrected chi connectivity index (χ3v) is 3.26. The predicted octanol–water partition coefficient (Wildman–Crippen LogP) is 1.66. The second-order valence-electron chi connectivity index (χ2n) is 4.83. The summed E-state index contributed by atoms with van der Waals surface area (Å²) in [4.78, 5) is 2.24. The zero-order valence-corrected chi connectivity index (χ0v) is 10.7. The van der Waals surface area contributed by atoms with Crippen LogP contribution in [-0.2, 0) is 17.8 Å². The molecule has 0 saturated carbocycles. The first-order valence-electron chi connectivity index (χ1n) is 6.27. The Morgan fingerprint density at radius 1 is 1.53 bits per heavy atom. The molecule has 1 aromatic rings. The van der Waals surface area contributed by atoms with E-state index in [1.165, 1.54) is 12.8 Å². The average molecular weight is 238 g/mol. The van der Waals surface area contributed by atoms with Crippen LogP contribution in [0.1, 0.15) is 29.9 Å². The highest BCUT2D eigenvalue weighted by Gasteiger charge is 2.18. The van der Waals surface area contributed by atoms with Gasteiger partial charge in [0.25, 0.3) is 0 Å². The molecule has 4 heteroatoms. The van der Waals surface area contributed by atoms with Gasteiger partial charge in [0.15, 0.2) is 0 Å². The van der Waals surface area contributed by atoms with Gasteiger partial charge in [0, 0.05) is 25.3 Å². The van der Waals surface area contributed by atoms with Crippen LogP contribution in [0.25, 0.3) is 0 Å². The molecule has 17 heavy (non-hydrogen) atoms. The third-order valence-electron chi connectivity index (χ3n) is 3.26. The number of furan rings is 1. The smallest absolute Gasteiger partial charge is 0.118 e. The van der Waals surface area contributed by atoms with E-state index in [1.807, 2.05) is 6.92 Å². The van der Waals surface area contributed by atoms with Crippen molar-refractivity contribution in [2.45, 2.75) is 39.0 Å². The first-order chi connectivity index (χ1) is 8.19. The van der Waals surface area contributed by atoms with Crippen LogP contribution >= 0.6 is 0 Å². The number of hydrogen-bond donors (Lipinski definition) is 1. The fraction of sp³-hybridized carbons (Fsp3) is 0.692. The predicted molar refractivity (Wildman–Crippen MR) is 66.6 cm³/mol. The van der Waals surface area contributed by atoms with E-state index in [-0.39, 0.29) is 0 Å². The van der Waals surface area contributed by atoms with Crippen LogP contribution in [0.5, 0.6) is 0 Å². The SMILES string of the molecule is Cc1oc(CN(C)CC2CCCO2)cc1CN. The molecule has 0 amide bonds. The van der Waals surface area contributed by atoms with Gasteiger partial charge in [-0.3, -0.25) is 4.90 Å². The fourth-order valence-electron chi connectivity index (χ4n) is 2.33. The minimum atomic E-state index is 0.394. The first-order valence-corrected chi connectivity index (χ1v) is 6.27. The normalized spacial score (nSPS) is 20.4. The van der Waals surface area contributed by atoms with E-state index in [2.05, 4.69) is 18.0 Å². The Hall–Kier alpha value is -0.840. The Morgan fingerprint density at radius 2 is 2.35 bits per heavy atom. The molecule has 96 valence electrons. The van der Waals surface area contributed by atoms with E-state index < -0.39 is 0 Å². The lowest BCUT2D eigenvalue weighted by Crippen LogP contribution is -2.28. The molecule has 0 spiro atoms. The molecule has 2 N–H and O–H groups in total. The third kappa shape index (κ3) is 3.31. The summed E-state index contributed by atoms with van der Waals surface area (Å²) in [7, 11) is 2.10. The Morgan fingerprint density at radius 3 is 2.94 bits per heavy atom. The zero-order valence-electron chi connectivity index (χ0n) is 10.7. The molecule has 0 bridgehead atoms. The van der Waals surface area contributed by atoms with Crippen LogP contribution in [0.15, 0.2) is 10.5 Å². The van der Waals surface area contributed by atoms with Gasteiger partial charge in [0.2, 0.25) is 0 Å². The van der Waals surface area contributed by atoms with E-state index in [4.69, 9.17) is 14.9 Å². The van der Waals surface area contributed by atoms with Crippen molar-refractivity contribution in [3.63, 3.8) is 0 Å². The second kappa shape index (κ2) is 5.67. The molecule has 1 aliphatic heterocycles. The number of ether oxygens (including phenoxy) is 1. The van der Waals surface area contributed by atoms with E-state index in [0.29, 0.717) is 12.6 Å². The zero-order chi connectivity index (χ0) is 12.3. The highest BCUT2D eigenvalue weighted by atomic mass is 16.5. The van der Waals surface area contributed by atoms with E-state index in [1.54, 1.807) is 0 Å². The quantitative estimate of drug-likeness (QED) is 0.847. The number of aryl methyl sites for hydroxylation is 1. The second-order valence-corrected chi connectivity index (χ2v) is 4.83. The van der Waals surface area contributed by atoms with E-state index in [0.717, 1.165) is 36.8 Å². The fourth-order valence-corrected chi connectivity index (χ4v) is 2.33. The van der Waals surface area contributed by atoms with Crippen molar-refractivity contribution in [3.05, 3.63) is 23.2 Å². The van der Waals surface area contributed by atoms with Crippen LogP contribution in [0.3, 0.4) is 0 Å². The van der Waals surface area contributed by atoms with Crippen LogP contribution < -0.4 is 5.73 Å². The Bertz CT molecular complexity index is 356. The molecule has 1 aromatic heterocycles. The summed E-state index contributed by atoms with van der Waals surface area (Å²) in [6, 6.07) is 2.06. The van der Waals surface area contributed by atoms with Crippen LogP contribution in [-0.4, -0.2) is 31.2 Å². The molecule has 2 rings (SSSR count). The minimum Gasteiger partial charge on any atom is -0.465 e. The van der Waals surface area contributed by atoms with Crippen molar-refractivity contribution in [3.8, 4) is 0 Å². The summed E-state index contributed by atoms with van der Waals surface area (Å²) < 4.78 is 11.3. The molecule has 2 heterocycles. The van der Waals surface area contributed by atoms with Crippen LogP contribution in [0, 0.1) is 6.92 Å². The molecule has 1 saturated heterocycles. The van der Waals surface area contributed by atoms with Gasteiger partial charge in [0.1, 0.15) is 11.5 Å². The maximum absolute atomic E-state index is 5.68. The molecular formula is C13H22N2O2. The van der Waals surface area contributed by atoms with E-state index >= 15 is 0 Å². The molecular weight excluding hydrogens is 216 g/mol. The minimum absolute atomic E-state index is 0.394. The van der Waals surface area contributed by atoms with Crippen LogP contribution in [0.4, 0.5) is 0 Å². The van der Waals surface area contributed by atoms with Gasteiger partial charge >= 0.3 is 0 Å². The maximum Gasteiger partial charge on any atom is 0.118 e. The van der Waals surface area contributed by atoms with Crippen molar-refractivity contribution in [1.29, 1.82) is 0 Å². The van der Waals surface area contributed by atoms with Crippen molar-refractivity contribution in [1.82, 2.24) is 4.90 Å². The Labute approximate surface area is 103 Å². The number of nitrogens with two attached hydrogens (primary N) is 1. The Kier molecular flexibility index (Phi) is 4.20. The highest BCUT2D eigenvalue weighted by Crippen LogP contribution is 2.17. The lowest BCUT2D eigenvalue weighted by Gasteiger charge is -2.19. The summed E-state index contributed by atoms with van der Waals surface area (Å²) in [5.74, 6) is 1.93. The van der Waals surface area contributed by atoms with Gasteiger partial charge in [-0.2, -0.15) is 0 Å². The van der Waals surface area contributed by atoms with Gasteiger partial charge in [0.05, 0.1) is 12.6 Å².